The van der Waals surface area contributed by atoms with E-state index in [-0.39, 0.29) is 36.6 Å². The summed E-state index contributed by atoms with van der Waals surface area (Å²) in [5, 5.41) is 2.68. The van der Waals surface area contributed by atoms with Gasteiger partial charge in [0.25, 0.3) is 5.91 Å². The minimum absolute atomic E-state index is 0.0168. The van der Waals surface area contributed by atoms with Crippen molar-refractivity contribution in [3.05, 3.63) is 29.8 Å². The van der Waals surface area contributed by atoms with Gasteiger partial charge in [0, 0.05) is 12.2 Å². The fourth-order valence-corrected chi connectivity index (χ4v) is 3.77. The van der Waals surface area contributed by atoms with Gasteiger partial charge in [0.15, 0.2) is 6.61 Å². The molecule has 1 saturated heterocycles. The molecule has 144 valence electrons. The number of likely N-dealkylation sites (tertiary alicyclic amines) is 1. The SMILES string of the molecule is Cc1ccccc1NC(=O)COC(=O)CCN1C(=O)[C@H]2CCCC[C@@H]2C1=O. The molecular weight excluding hydrogens is 348 g/mol. The van der Waals surface area contributed by atoms with Crippen molar-refractivity contribution in [3.63, 3.8) is 0 Å². The Hall–Kier alpha value is -2.70. The second-order valence-corrected chi connectivity index (χ2v) is 7.10. The molecule has 1 N–H and O–H groups in total. The molecule has 3 amide bonds. The monoisotopic (exact) mass is 372 g/mol. The largest absolute Gasteiger partial charge is 0.456 e. The van der Waals surface area contributed by atoms with Gasteiger partial charge in [-0.15, -0.1) is 0 Å². The molecule has 1 aromatic rings. The number of para-hydroxylation sites is 1. The van der Waals surface area contributed by atoms with Crippen molar-refractivity contribution < 1.29 is 23.9 Å². The summed E-state index contributed by atoms with van der Waals surface area (Å²) in [6.45, 7) is 1.48. The van der Waals surface area contributed by atoms with Gasteiger partial charge < -0.3 is 10.1 Å². The second-order valence-electron chi connectivity index (χ2n) is 7.10. The summed E-state index contributed by atoms with van der Waals surface area (Å²) in [4.78, 5) is 49.7. The number of aryl methyl sites for hydroxylation is 1. The predicted octanol–water partition coefficient (Wildman–Crippen LogP) is 2.04. The number of nitrogens with zero attached hydrogens (tertiary/aromatic N) is 1. The molecule has 0 radical (unpaired) electrons. The van der Waals surface area contributed by atoms with E-state index in [1.165, 1.54) is 4.90 Å². The van der Waals surface area contributed by atoms with Crippen LogP contribution >= 0.6 is 0 Å². The summed E-state index contributed by atoms with van der Waals surface area (Å²) < 4.78 is 4.96. The summed E-state index contributed by atoms with van der Waals surface area (Å²) in [5.74, 6) is -1.82. The molecule has 1 aliphatic heterocycles. The summed E-state index contributed by atoms with van der Waals surface area (Å²) in [7, 11) is 0. The molecule has 1 heterocycles. The highest BCUT2D eigenvalue weighted by Gasteiger charge is 2.47. The van der Waals surface area contributed by atoms with Gasteiger partial charge in [-0.3, -0.25) is 24.1 Å². The van der Waals surface area contributed by atoms with E-state index in [4.69, 9.17) is 4.74 Å². The maximum atomic E-state index is 12.4. The smallest absolute Gasteiger partial charge is 0.308 e. The van der Waals surface area contributed by atoms with Crippen LogP contribution in [0.25, 0.3) is 0 Å². The van der Waals surface area contributed by atoms with Crippen molar-refractivity contribution in [2.45, 2.75) is 39.0 Å². The van der Waals surface area contributed by atoms with E-state index in [0.29, 0.717) is 5.69 Å². The fourth-order valence-electron chi connectivity index (χ4n) is 3.77. The van der Waals surface area contributed by atoms with Gasteiger partial charge in [0.1, 0.15) is 0 Å². The van der Waals surface area contributed by atoms with Crippen molar-refractivity contribution in [2.24, 2.45) is 11.8 Å². The number of esters is 1. The van der Waals surface area contributed by atoms with Crippen LogP contribution in [-0.4, -0.2) is 41.7 Å². The number of carbonyl (C=O) groups is 4. The Morgan fingerprint density at radius 2 is 1.74 bits per heavy atom. The highest BCUT2D eigenvalue weighted by Crippen LogP contribution is 2.37. The lowest BCUT2D eigenvalue weighted by molar-refractivity contribution is -0.148. The van der Waals surface area contributed by atoms with E-state index in [1.807, 2.05) is 19.1 Å². The van der Waals surface area contributed by atoms with Crippen molar-refractivity contribution in [3.8, 4) is 0 Å². The molecule has 0 unspecified atom stereocenters. The van der Waals surface area contributed by atoms with E-state index in [2.05, 4.69) is 5.32 Å². The minimum atomic E-state index is -0.606. The average Bonchev–Trinajstić information content (AvgIpc) is 2.91. The van der Waals surface area contributed by atoms with Gasteiger partial charge in [-0.2, -0.15) is 0 Å². The molecule has 3 rings (SSSR count). The predicted molar refractivity (Wildman–Crippen MR) is 97.6 cm³/mol. The summed E-state index contributed by atoms with van der Waals surface area (Å²) in [6.07, 6.45) is 3.32. The highest BCUT2D eigenvalue weighted by atomic mass is 16.5. The quantitative estimate of drug-likeness (QED) is 0.609. The Morgan fingerprint density at radius 3 is 2.37 bits per heavy atom. The van der Waals surface area contributed by atoms with Crippen LogP contribution < -0.4 is 5.32 Å². The maximum Gasteiger partial charge on any atom is 0.308 e. The van der Waals surface area contributed by atoms with Crippen LogP contribution in [-0.2, 0) is 23.9 Å². The van der Waals surface area contributed by atoms with Crippen molar-refractivity contribution in [2.75, 3.05) is 18.5 Å². The normalized spacial score (nSPS) is 21.7. The summed E-state index contributed by atoms with van der Waals surface area (Å²) >= 11 is 0. The molecule has 2 atom stereocenters. The van der Waals surface area contributed by atoms with E-state index in [9.17, 15) is 19.2 Å². The zero-order chi connectivity index (χ0) is 19.4. The Balaban J connectivity index is 1.43. The second kappa shape index (κ2) is 8.33. The third-order valence-corrected chi connectivity index (χ3v) is 5.26. The standard InChI is InChI=1S/C20H24N2O5/c1-13-6-2-5-9-16(13)21-17(23)12-27-18(24)10-11-22-19(25)14-7-3-4-8-15(14)20(22)26/h2,5-6,9,14-15H,3-4,7-8,10-12H2,1H3,(H,21,23)/t14-,15-/m0/s1. The zero-order valence-corrected chi connectivity index (χ0v) is 15.4. The van der Waals surface area contributed by atoms with Gasteiger partial charge in [0.2, 0.25) is 11.8 Å². The van der Waals surface area contributed by atoms with E-state index < -0.39 is 18.5 Å². The summed E-state index contributed by atoms with van der Waals surface area (Å²) in [6, 6.07) is 7.29. The lowest BCUT2D eigenvalue weighted by Crippen LogP contribution is -2.33. The first kappa shape index (κ1) is 19.1. The molecule has 2 aliphatic rings. The number of anilines is 1. The third kappa shape index (κ3) is 4.35. The molecule has 0 spiro atoms. The number of rotatable bonds is 6. The van der Waals surface area contributed by atoms with Crippen LogP contribution in [0.4, 0.5) is 5.69 Å². The maximum absolute atomic E-state index is 12.4. The molecule has 27 heavy (non-hydrogen) atoms. The number of amides is 3. The molecule has 2 fully saturated rings. The number of carbonyl (C=O) groups excluding carboxylic acids is 4. The minimum Gasteiger partial charge on any atom is -0.456 e. The first-order chi connectivity index (χ1) is 13.0. The molecule has 7 nitrogen and oxygen atoms in total. The van der Waals surface area contributed by atoms with Crippen LogP contribution in [0, 0.1) is 18.8 Å². The average molecular weight is 372 g/mol. The Kier molecular flexibility index (Phi) is 5.88. The molecule has 1 saturated carbocycles. The molecular formula is C20H24N2O5. The van der Waals surface area contributed by atoms with Gasteiger partial charge in [-0.25, -0.2) is 0 Å². The van der Waals surface area contributed by atoms with E-state index in [0.717, 1.165) is 31.2 Å². The number of fused-ring (bicyclic) bond motifs is 1. The van der Waals surface area contributed by atoms with Gasteiger partial charge in [-0.1, -0.05) is 31.0 Å². The number of hydrogen-bond donors (Lipinski definition) is 1. The lowest BCUT2D eigenvalue weighted by Gasteiger charge is -2.19. The number of benzene rings is 1. The van der Waals surface area contributed by atoms with Crippen molar-refractivity contribution in [1.29, 1.82) is 0 Å². The molecule has 1 aliphatic carbocycles. The van der Waals surface area contributed by atoms with Gasteiger partial charge in [0.05, 0.1) is 18.3 Å². The first-order valence-corrected chi connectivity index (χ1v) is 9.33. The van der Waals surface area contributed by atoms with Crippen LogP contribution in [0.3, 0.4) is 0 Å². The number of nitrogens with one attached hydrogen (secondary N) is 1. The highest BCUT2D eigenvalue weighted by molar-refractivity contribution is 6.05. The Bertz CT molecular complexity index is 736. The van der Waals surface area contributed by atoms with E-state index in [1.54, 1.807) is 12.1 Å². The molecule has 1 aromatic carbocycles. The Labute approximate surface area is 158 Å². The number of hydrogen-bond acceptors (Lipinski definition) is 5. The van der Waals surface area contributed by atoms with Crippen molar-refractivity contribution in [1.82, 2.24) is 4.90 Å². The van der Waals surface area contributed by atoms with E-state index >= 15 is 0 Å². The van der Waals surface area contributed by atoms with Crippen LogP contribution in [0.1, 0.15) is 37.7 Å². The van der Waals surface area contributed by atoms with Crippen molar-refractivity contribution >= 4 is 29.4 Å². The summed E-state index contributed by atoms with van der Waals surface area (Å²) in [5.41, 5.74) is 1.57. The molecule has 0 aromatic heterocycles. The van der Waals surface area contributed by atoms with Crippen LogP contribution in [0.2, 0.25) is 0 Å². The molecule has 0 bridgehead atoms. The lowest BCUT2D eigenvalue weighted by atomic mass is 9.81. The topological polar surface area (TPSA) is 92.8 Å². The molecule has 7 heteroatoms. The van der Waals surface area contributed by atoms with Crippen LogP contribution in [0.5, 0.6) is 0 Å². The number of imide groups is 1. The fraction of sp³-hybridized carbons (Fsp3) is 0.500. The number of ether oxygens (including phenoxy) is 1. The Morgan fingerprint density at radius 1 is 1.11 bits per heavy atom. The first-order valence-electron chi connectivity index (χ1n) is 9.33. The zero-order valence-electron chi connectivity index (χ0n) is 15.4. The van der Waals surface area contributed by atoms with Gasteiger partial charge >= 0.3 is 5.97 Å². The third-order valence-electron chi connectivity index (χ3n) is 5.26. The van der Waals surface area contributed by atoms with Crippen LogP contribution in [0.15, 0.2) is 24.3 Å². The van der Waals surface area contributed by atoms with Gasteiger partial charge in [-0.05, 0) is 31.4 Å².